The molecule has 0 saturated carbocycles. The van der Waals surface area contributed by atoms with Crippen molar-refractivity contribution in [3.05, 3.63) is 34.9 Å². The van der Waals surface area contributed by atoms with Gasteiger partial charge in [-0.2, -0.15) is 13.2 Å². The van der Waals surface area contributed by atoms with Crippen LogP contribution in [-0.4, -0.2) is 67.9 Å². The molecule has 1 aliphatic heterocycles. The first kappa shape index (κ1) is 20.8. The lowest BCUT2D eigenvalue weighted by Crippen LogP contribution is -2.51. The number of amides is 2. The first-order valence-electron chi connectivity index (χ1n) is 8.48. The van der Waals surface area contributed by atoms with Crippen molar-refractivity contribution >= 4 is 17.6 Å². The van der Waals surface area contributed by atoms with Crippen molar-refractivity contribution in [1.29, 1.82) is 0 Å². The second-order valence-corrected chi connectivity index (χ2v) is 6.51. The number of halogens is 4. The lowest BCUT2D eigenvalue weighted by molar-refractivity contribution is -0.174. The quantitative estimate of drug-likeness (QED) is 0.724. The number of urea groups is 1. The van der Waals surface area contributed by atoms with Crippen molar-refractivity contribution in [2.75, 3.05) is 45.9 Å². The van der Waals surface area contributed by atoms with Gasteiger partial charge < -0.3 is 15.0 Å². The van der Waals surface area contributed by atoms with E-state index in [1.165, 1.54) is 0 Å². The van der Waals surface area contributed by atoms with Gasteiger partial charge in [0.15, 0.2) is 0 Å². The molecule has 2 amide bonds. The molecule has 0 atom stereocenters. The molecule has 146 valence electrons. The van der Waals surface area contributed by atoms with Gasteiger partial charge in [0.2, 0.25) is 0 Å². The number of hydrogen-bond acceptors (Lipinski definition) is 3. The molecular formula is C17H23ClF3N3O2. The Morgan fingerprint density at radius 2 is 1.88 bits per heavy atom. The highest BCUT2D eigenvalue weighted by atomic mass is 35.5. The van der Waals surface area contributed by atoms with E-state index in [1.54, 1.807) is 11.0 Å². The van der Waals surface area contributed by atoms with Crippen LogP contribution in [0.3, 0.4) is 0 Å². The van der Waals surface area contributed by atoms with Crippen LogP contribution in [0.4, 0.5) is 18.0 Å². The molecule has 1 fully saturated rings. The molecule has 1 aromatic rings. The average molecular weight is 394 g/mol. The third kappa shape index (κ3) is 7.39. The van der Waals surface area contributed by atoms with Crippen LogP contribution in [0, 0.1) is 0 Å². The summed E-state index contributed by atoms with van der Waals surface area (Å²) in [5.74, 6) is 0. The van der Waals surface area contributed by atoms with Crippen LogP contribution < -0.4 is 5.32 Å². The van der Waals surface area contributed by atoms with Gasteiger partial charge in [0, 0.05) is 50.9 Å². The van der Waals surface area contributed by atoms with E-state index >= 15 is 0 Å². The van der Waals surface area contributed by atoms with Gasteiger partial charge in [-0.05, 0) is 18.1 Å². The molecule has 9 heteroatoms. The molecule has 1 aromatic carbocycles. The number of nitrogens with one attached hydrogen (secondary N) is 1. The van der Waals surface area contributed by atoms with E-state index in [-0.39, 0.29) is 12.6 Å². The lowest BCUT2D eigenvalue weighted by atomic mass is 10.2. The van der Waals surface area contributed by atoms with Crippen molar-refractivity contribution in [2.24, 2.45) is 0 Å². The maximum absolute atomic E-state index is 12.2. The van der Waals surface area contributed by atoms with Crippen molar-refractivity contribution in [2.45, 2.75) is 19.1 Å². The Hall–Kier alpha value is -1.51. The zero-order valence-electron chi connectivity index (χ0n) is 14.4. The second kappa shape index (κ2) is 9.99. The molecule has 5 nitrogen and oxygen atoms in total. The number of benzene rings is 1. The Bertz CT molecular complexity index is 579. The second-order valence-electron chi connectivity index (χ2n) is 6.10. The summed E-state index contributed by atoms with van der Waals surface area (Å²) < 4.78 is 40.5. The van der Waals surface area contributed by atoms with E-state index in [4.69, 9.17) is 11.6 Å². The van der Waals surface area contributed by atoms with Crippen LogP contribution in [0.25, 0.3) is 0 Å². The van der Waals surface area contributed by atoms with Crippen molar-refractivity contribution in [3.8, 4) is 0 Å². The highest BCUT2D eigenvalue weighted by Crippen LogP contribution is 2.15. The summed E-state index contributed by atoms with van der Waals surface area (Å²) >= 11 is 6.06. The predicted molar refractivity (Wildman–Crippen MR) is 93.2 cm³/mol. The summed E-state index contributed by atoms with van der Waals surface area (Å²) in [7, 11) is 0. The van der Waals surface area contributed by atoms with Gasteiger partial charge in [-0.3, -0.25) is 4.90 Å². The molecule has 1 N–H and O–H groups in total. The largest absolute Gasteiger partial charge is 0.411 e. The minimum atomic E-state index is -4.27. The molecule has 0 aromatic heterocycles. The van der Waals surface area contributed by atoms with Gasteiger partial charge in [-0.1, -0.05) is 29.8 Å². The summed E-state index contributed by atoms with van der Waals surface area (Å²) in [6, 6.07) is 7.20. The van der Waals surface area contributed by atoms with E-state index in [0.717, 1.165) is 5.56 Å². The number of hydrogen-bond donors (Lipinski definition) is 1. The minimum Gasteiger partial charge on any atom is -0.372 e. The normalized spacial score (nSPS) is 15.9. The van der Waals surface area contributed by atoms with Crippen LogP contribution in [0.1, 0.15) is 12.0 Å². The SMILES string of the molecule is O=C(NCc1ccccc1Cl)N1CCN(CCCOCC(F)(F)F)CC1. The third-order valence-electron chi connectivity index (χ3n) is 4.08. The van der Waals surface area contributed by atoms with E-state index in [1.807, 2.05) is 18.2 Å². The first-order chi connectivity index (χ1) is 12.3. The fraction of sp³-hybridized carbons (Fsp3) is 0.588. The molecule has 0 unspecified atom stereocenters. The number of rotatable bonds is 7. The Morgan fingerprint density at radius 3 is 2.54 bits per heavy atom. The zero-order chi connectivity index (χ0) is 19.0. The van der Waals surface area contributed by atoms with Crippen LogP contribution in [0.2, 0.25) is 5.02 Å². The monoisotopic (exact) mass is 393 g/mol. The molecule has 1 aliphatic rings. The fourth-order valence-corrected chi connectivity index (χ4v) is 2.88. The molecule has 0 aliphatic carbocycles. The van der Waals surface area contributed by atoms with E-state index < -0.39 is 12.8 Å². The van der Waals surface area contributed by atoms with Gasteiger partial charge in [-0.25, -0.2) is 4.79 Å². The zero-order valence-corrected chi connectivity index (χ0v) is 15.2. The Balaban J connectivity index is 1.60. The van der Waals surface area contributed by atoms with Gasteiger partial charge in [0.25, 0.3) is 0 Å². The van der Waals surface area contributed by atoms with Gasteiger partial charge in [-0.15, -0.1) is 0 Å². The number of piperazine rings is 1. The van der Waals surface area contributed by atoms with Gasteiger partial charge >= 0.3 is 12.2 Å². The third-order valence-corrected chi connectivity index (χ3v) is 4.44. The van der Waals surface area contributed by atoms with Gasteiger partial charge in [0.05, 0.1) is 0 Å². The number of carbonyl (C=O) groups is 1. The average Bonchev–Trinajstić information content (AvgIpc) is 2.60. The van der Waals surface area contributed by atoms with Crippen LogP contribution in [0.15, 0.2) is 24.3 Å². The van der Waals surface area contributed by atoms with Crippen molar-refractivity contribution in [1.82, 2.24) is 15.1 Å². The van der Waals surface area contributed by atoms with Crippen LogP contribution in [-0.2, 0) is 11.3 Å². The lowest BCUT2D eigenvalue weighted by Gasteiger charge is -2.34. The summed E-state index contributed by atoms with van der Waals surface area (Å²) in [5.41, 5.74) is 0.861. The number of nitrogens with zero attached hydrogens (tertiary/aromatic N) is 2. The number of carbonyl (C=O) groups excluding carboxylic acids is 1. The standard InChI is InChI=1S/C17H23ClF3N3O2/c18-15-5-2-1-4-14(15)12-22-16(25)24-9-7-23(8-10-24)6-3-11-26-13-17(19,20)21/h1-2,4-5H,3,6-13H2,(H,22,25). The van der Waals surface area contributed by atoms with Crippen LogP contribution >= 0.6 is 11.6 Å². The number of ether oxygens (including phenoxy) is 1. The Morgan fingerprint density at radius 1 is 1.19 bits per heavy atom. The molecule has 0 bridgehead atoms. The Kier molecular flexibility index (Phi) is 7.99. The molecule has 1 saturated heterocycles. The molecule has 1 heterocycles. The smallest absolute Gasteiger partial charge is 0.372 e. The number of alkyl halides is 3. The molecule has 0 radical (unpaired) electrons. The Labute approximate surface area is 156 Å². The highest BCUT2D eigenvalue weighted by molar-refractivity contribution is 6.31. The molecule has 0 spiro atoms. The van der Waals surface area contributed by atoms with E-state index in [2.05, 4.69) is 15.0 Å². The fourth-order valence-electron chi connectivity index (χ4n) is 2.68. The molecule has 26 heavy (non-hydrogen) atoms. The summed E-state index contributed by atoms with van der Waals surface area (Å²) in [5, 5.41) is 3.47. The van der Waals surface area contributed by atoms with E-state index in [9.17, 15) is 18.0 Å². The maximum atomic E-state index is 12.2. The van der Waals surface area contributed by atoms with Gasteiger partial charge in [0.1, 0.15) is 6.61 Å². The van der Waals surface area contributed by atoms with E-state index in [0.29, 0.717) is 50.7 Å². The summed E-state index contributed by atoms with van der Waals surface area (Å²) in [6.07, 6.45) is -3.74. The summed E-state index contributed by atoms with van der Waals surface area (Å²) in [6.45, 7) is 2.46. The molecular weight excluding hydrogens is 371 g/mol. The van der Waals surface area contributed by atoms with Crippen molar-refractivity contribution < 1.29 is 22.7 Å². The first-order valence-corrected chi connectivity index (χ1v) is 8.86. The predicted octanol–water partition coefficient (Wildman–Crippen LogP) is 3.14. The summed E-state index contributed by atoms with van der Waals surface area (Å²) in [4.78, 5) is 16.1. The highest BCUT2D eigenvalue weighted by Gasteiger charge is 2.27. The minimum absolute atomic E-state index is 0.0814. The van der Waals surface area contributed by atoms with Crippen LogP contribution in [0.5, 0.6) is 0 Å². The molecule has 2 rings (SSSR count). The van der Waals surface area contributed by atoms with Crippen molar-refractivity contribution in [3.63, 3.8) is 0 Å². The topological polar surface area (TPSA) is 44.8 Å². The maximum Gasteiger partial charge on any atom is 0.411 e.